The molecule has 0 aromatic heterocycles. The Balaban J connectivity index is 1.77. The lowest BCUT2D eigenvalue weighted by Crippen LogP contribution is -2.58. The van der Waals surface area contributed by atoms with Gasteiger partial charge in [-0.25, -0.2) is 0 Å². The molecular weight excluding hydrogens is 374 g/mol. The Kier molecular flexibility index (Phi) is 6.70. The number of nitrogens with one attached hydrogen (secondary N) is 1. The monoisotopic (exact) mass is 417 g/mol. The van der Waals surface area contributed by atoms with Gasteiger partial charge in [0.05, 0.1) is 18.8 Å². The Bertz CT molecular complexity index is 659. The van der Waals surface area contributed by atoms with Crippen molar-refractivity contribution in [3.05, 3.63) is 35.9 Å². The summed E-state index contributed by atoms with van der Waals surface area (Å²) in [5.41, 5.74) is 1.14. The first-order valence-corrected chi connectivity index (χ1v) is 14.5. The number of hydrogen-bond acceptors (Lipinski definition) is 3. The smallest absolute Gasteiger partial charge is 0.192 e. The summed E-state index contributed by atoms with van der Waals surface area (Å²) in [7, 11) is -1.81. The maximum atomic E-state index is 6.75. The van der Waals surface area contributed by atoms with Gasteiger partial charge in [0.2, 0.25) is 0 Å². The van der Waals surface area contributed by atoms with Crippen LogP contribution in [-0.4, -0.2) is 32.8 Å². The fourth-order valence-corrected chi connectivity index (χ4v) is 6.03. The number of hydrogen-bond donors (Lipinski definition) is 1. The lowest BCUT2D eigenvalue weighted by molar-refractivity contribution is -0.0660. The zero-order chi connectivity index (χ0) is 21.3. The highest BCUT2D eigenvalue weighted by Crippen LogP contribution is 2.43. The van der Waals surface area contributed by atoms with Crippen molar-refractivity contribution < 1.29 is 9.16 Å². The molecule has 4 atom stereocenters. The molecule has 1 saturated heterocycles. The molecule has 2 fully saturated rings. The topological polar surface area (TPSA) is 30.5 Å². The van der Waals surface area contributed by atoms with Crippen LogP contribution in [0.15, 0.2) is 30.3 Å². The number of aryl methyl sites for hydroxylation is 1. The Morgan fingerprint density at radius 1 is 1.10 bits per heavy atom. The van der Waals surface area contributed by atoms with Crippen LogP contribution in [0.2, 0.25) is 18.1 Å². The minimum absolute atomic E-state index is 0.0951. The first kappa shape index (κ1) is 23.0. The van der Waals surface area contributed by atoms with Crippen LogP contribution in [0.4, 0.5) is 0 Å². The van der Waals surface area contributed by atoms with E-state index in [4.69, 9.17) is 9.16 Å². The van der Waals surface area contributed by atoms with Gasteiger partial charge in [-0.1, -0.05) is 65.0 Å². The molecule has 2 unspecified atom stereocenters. The molecule has 1 spiro atoms. The molecule has 2 aliphatic rings. The van der Waals surface area contributed by atoms with Crippen molar-refractivity contribution in [2.45, 2.75) is 96.1 Å². The van der Waals surface area contributed by atoms with Crippen LogP contribution < -0.4 is 5.32 Å². The van der Waals surface area contributed by atoms with Crippen molar-refractivity contribution in [3.63, 3.8) is 0 Å². The van der Waals surface area contributed by atoms with E-state index in [0.29, 0.717) is 11.8 Å². The lowest BCUT2D eigenvalue weighted by Gasteiger charge is -2.43. The molecule has 3 nitrogen and oxygen atoms in total. The zero-order valence-corrected chi connectivity index (χ0v) is 20.8. The molecule has 1 aromatic rings. The summed E-state index contributed by atoms with van der Waals surface area (Å²) in [6.45, 7) is 17.9. The van der Waals surface area contributed by atoms with Crippen molar-refractivity contribution >= 4 is 8.32 Å². The van der Waals surface area contributed by atoms with Crippen molar-refractivity contribution in [1.82, 2.24) is 5.32 Å². The average molecular weight is 418 g/mol. The molecule has 0 bridgehead atoms. The summed E-state index contributed by atoms with van der Waals surface area (Å²) >= 11 is 0. The molecule has 1 saturated carbocycles. The van der Waals surface area contributed by atoms with E-state index in [2.05, 4.69) is 83.4 Å². The molecule has 0 radical (unpaired) electrons. The summed E-state index contributed by atoms with van der Waals surface area (Å²) in [5, 5.41) is 4.27. The Morgan fingerprint density at radius 3 is 2.31 bits per heavy atom. The third kappa shape index (κ3) is 5.52. The maximum Gasteiger partial charge on any atom is 0.192 e. The molecule has 1 aliphatic heterocycles. The zero-order valence-electron chi connectivity index (χ0n) is 19.8. The van der Waals surface area contributed by atoms with Crippen LogP contribution in [0.25, 0.3) is 0 Å². The van der Waals surface area contributed by atoms with Gasteiger partial charge >= 0.3 is 0 Å². The second kappa shape index (κ2) is 8.45. The van der Waals surface area contributed by atoms with Crippen molar-refractivity contribution in [1.29, 1.82) is 0 Å². The number of ether oxygens (including phenoxy) is 1. The molecule has 29 heavy (non-hydrogen) atoms. The van der Waals surface area contributed by atoms with E-state index in [1.165, 1.54) is 12.0 Å². The minimum Gasteiger partial charge on any atom is -0.415 e. The van der Waals surface area contributed by atoms with E-state index in [0.717, 1.165) is 38.9 Å². The van der Waals surface area contributed by atoms with Crippen LogP contribution in [0.3, 0.4) is 0 Å². The van der Waals surface area contributed by atoms with E-state index in [-0.39, 0.29) is 16.3 Å². The second-order valence-corrected chi connectivity index (χ2v) is 16.4. The second-order valence-electron chi connectivity index (χ2n) is 11.6. The standard InChI is InChI=1S/C25H43NO2Si/c1-20-15-21(2)17-25(16-20)26-24(18-27-25,14-13-22-11-9-8-10-12-22)19-28-29(6,7)23(3,4)5/h8-12,20-21,26H,13-19H2,1-7H3/t20-,21+,24?,25?. The van der Waals surface area contributed by atoms with Crippen LogP contribution in [0.1, 0.15) is 65.9 Å². The molecule has 3 rings (SSSR count). The van der Waals surface area contributed by atoms with Gasteiger partial charge in [0, 0.05) is 0 Å². The molecule has 1 heterocycles. The third-order valence-electron chi connectivity index (χ3n) is 7.53. The Hall–Kier alpha value is -0.683. The fraction of sp³-hybridized carbons (Fsp3) is 0.760. The van der Waals surface area contributed by atoms with Crippen LogP contribution in [0, 0.1) is 11.8 Å². The van der Waals surface area contributed by atoms with E-state index in [1.54, 1.807) is 0 Å². The van der Waals surface area contributed by atoms with Crippen LogP contribution in [0.5, 0.6) is 0 Å². The number of rotatable bonds is 6. The summed E-state index contributed by atoms with van der Waals surface area (Å²) in [6.07, 6.45) is 5.65. The summed E-state index contributed by atoms with van der Waals surface area (Å²) in [4.78, 5) is 0. The van der Waals surface area contributed by atoms with Gasteiger partial charge in [-0.3, -0.25) is 5.32 Å². The molecular formula is C25H43NO2Si. The van der Waals surface area contributed by atoms with E-state index < -0.39 is 8.32 Å². The summed E-state index contributed by atoms with van der Waals surface area (Å²) < 4.78 is 13.4. The van der Waals surface area contributed by atoms with Gasteiger partial charge in [-0.05, 0) is 67.6 Å². The van der Waals surface area contributed by atoms with Crippen molar-refractivity contribution in [2.24, 2.45) is 11.8 Å². The van der Waals surface area contributed by atoms with Gasteiger partial charge in [-0.15, -0.1) is 0 Å². The highest BCUT2D eigenvalue weighted by Gasteiger charge is 2.52. The molecule has 4 heteroatoms. The number of benzene rings is 1. The normalized spacial score (nSPS) is 33.3. The van der Waals surface area contributed by atoms with Gasteiger partial charge in [0.1, 0.15) is 5.72 Å². The fourth-order valence-electron chi connectivity index (χ4n) is 4.96. The largest absolute Gasteiger partial charge is 0.415 e. The van der Waals surface area contributed by atoms with E-state index >= 15 is 0 Å². The summed E-state index contributed by atoms with van der Waals surface area (Å²) in [5.74, 6) is 1.41. The predicted octanol–water partition coefficient (Wildman–Crippen LogP) is 6.15. The van der Waals surface area contributed by atoms with Crippen LogP contribution in [-0.2, 0) is 15.6 Å². The minimum atomic E-state index is -1.81. The summed E-state index contributed by atoms with van der Waals surface area (Å²) in [6, 6.07) is 10.8. The average Bonchev–Trinajstić information content (AvgIpc) is 2.95. The molecule has 1 N–H and O–H groups in total. The van der Waals surface area contributed by atoms with Crippen LogP contribution >= 0.6 is 0 Å². The van der Waals surface area contributed by atoms with Gasteiger partial charge < -0.3 is 9.16 Å². The Morgan fingerprint density at radius 2 is 1.72 bits per heavy atom. The first-order valence-electron chi connectivity index (χ1n) is 11.6. The quantitative estimate of drug-likeness (QED) is 0.563. The molecule has 164 valence electrons. The predicted molar refractivity (Wildman–Crippen MR) is 125 cm³/mol. The maximum absolute atomic E-state index is 6.75. The van der Waals surface area contributed by atoms with Crippen molar-refractivity contribution in [2.75, 3.05) is 13.2 Å². The third-order valence-corrected chi connectivity index (χ3v) is 12.0. The van der Waals surface area contributed by atoms with E-state index in [1.807, 2.05) is 0 Å². The SMILES string of the molecule is C[C@@H]1C[C@H](C)CC2(C1)NC(CCc1ccccc1)(CO[Si](C)(C)C(C)(C)C)CO2. The lowest BCUT2D eigenvalue weighted by atomic mass is 9.77. The molecule has 0 amide bonds. The molecule has 1 aliphatic carbocycles. The van der Waals surface area contributed by atoms with Crippen molar-refractivity contribution in [3.8, 4) is 0 Å². The van der Waals surface area contributed by atoms with Gasteiger partial charge in [0.25, 0.3) is 0 Å². The van der Waals surface area contributed by atoms with E-state index in [9.17, 15) is 0 Å². The van der Waals surface area contributed by atoms with Gasteiger partial charge in [-0.2, -0.15) is 0 Å². The highest BCUT2D eigenvalue weighted by atomic mass is 28.4. The van der Waals surface area contributed by atoms with Gasteiger partial charge in [0.15, 0.2) is 8.32 Å². The molecule has 1 aromatic carbocycles. The Labute approximate surface area is 180 Å². The first-order chi connectivity index (χ1) is 13.4. The highest BCUT2D eigenvalue weighted by molar-refractivity contribution is 6.74.